The Labute approximate surface area is 113 Å². The monoisotopic (exact) mass is 267 g/mol. The smallest absolute Gasteiger partial charge is 0.332 e. The molecule has 2 N–H and O–H groups in total. The molecular formula is C14H21NO4. The number of hydroxylamine groups is 1. The summed E-state index contributed by atoms with van der Waals surface area (Å²) in [4.78, 5) is 26.7. The average molecular weight is 267 g/mol. The van der Waals surface area contributed by atoms with Crippen LogP contribution in [0.5, 0.6) is 0 Å². The predicted molar refractivity (Wildman–Crippen MR) is 68.8 cm³/mol. The van der Waals surface area contributed by atoms with Crippen LogP contribution < -0.4 is 5.48 Å². The number of hydrogen-bond acceptors (Lipinski definition) is 4. The zero-order chi connectivity index (χ0) is 14.3. The van der Waals surface area contributed by atoms with E-state index in [1.807, 2.05) is 0 Å². The van der Waals surface area contributed by atoms with E-state index in [4.69, 9.17) is 9.94 Å². The van der Waals surface area contributed by atoms with Crippen molar-refractivity contribution in [2.45, 2.75) is 46.5 Å². The minimum atomic E-state index is -0.996. The van der Waals surface area contributed by atoms with Gasteiger partial charge in [0.15, 0.2) is 0 Å². The molecular weight excluding hydrogens is 246 g/mol. The van der Waals surface area contributed by atoms with Gasteiger partial charge in [-0.25, -0.2) is 10.3 Å². The predicted octanol–water partition coefficient (Wildman–Crippen LogP) is 2.24. The molecule has 0 spiro atoms. The highest BCUT2D eigenvalue weighted by Gasteiger charge is 2.57. The lowest BCUT2D eigenvalue weighted by Crippen LogP contribution is -2.35. The topological polar surface area (TPSA) is 75.6 Å². The van der Waals surface area contributed by atoms with Gasteiger partial charge in [0.1, 0.15) is 0 Å². The van der Waals surface area contributed by atoms with E-state index < -0.39 is 11.9 Å². The minimum Gasteiger partial charge on any atom is -0.481 e. The highest BCUT2D eigenvalue weighted by Crippen LogP contribution is 2.64. The maximum Gasteiger partial charge on any atom is 0.332 e. The molecule has 2 aliphatic rings. The summed E-state index contributed by atoms with van der Waals surface area (Å²) in [5, 5.41) is 8.50. The molecule has 0 amide bonds. The molecule has 0 aliphatic heterocycles. The first-order chi connectivity index (χ1) is 8.77. The lowest BCUT2D eigenvalue weighted by Gasteiger charge is -2.37. The lowest BCUT2D eigenvalue weighted by molar-refractivity contribution is -0.153. The van der Waals surface area contributed by atoms with Gasteiger partial charge in [-0.3, -0.25) is 4.79 Å². The Morgan fingerprint density at radius 3 is 2.58 bits per heavy atom. The van der Waals surface area contributed by atoms with Crippen LogP contribution in [0.2, 0.25) is 0 Å². The second kappa shape index (κ2) is 4.54. The van der Waals surface area contributed by atoms with Gasteiger partial charge < -0.3 is 9.94 Å². The third-order valence-corrected chi connectivity index (χ3v) is 5.08. The number of aliphatic carboxylic acids is 1. The molecule has 19 heavy (non-hydrogen) atoms. The summed E-state index contributed by atoms with van der Waals surface area (Å²) < 4.78 is 0. The zero-order valence-electron chi connectivity index (χ0n) is 11.7. The van der Waals surface area contributed by atoms with Crippen molar-refractivity contribution >= 4 is 11.9 Å². The van der Waals surface area contributed by atoms with Crippen LogP contribution in [0.25, 0.3) is 0 Å². The van der Waals surface area contributed by atoms with E-state index in [1.54, 1.807) is 0 Å². The van der Waals surface area contributed by atoms with Gasteiger partial charge in [0.2, 0.25) is 0 Å². The fraction of sp³-hybridized carbons (Fsp3) is 0.714. The molecule has 106 valence electrons. The minimum absolute atomic E-state index is 0.00471. The number of carbonyl (C=O) groups excluding carboxylic acids is 1. The molecule has 1 fully saturated rings. The van der Waals surface area contributed by atoms with Gasteiger partial charge in [-0.05, 0) is 24.2 Å². The Bertz CT molecular complexity index is 441. The molecule has 1 saturated carbocycles. The number of allylic oxidation sites excluding steroid dienone is 2. The average Bonchev–Trinajstić information content (AvgIpc) is 2.66. The number of nitrogens with one attached hydrogen (secondary N) is 1. The van der Waals surface area contributed by atoms with Crippen LogP contribution >= 0.6 is 0 Å². The first kappa shape index (κ1) is 13.9. The maximum absolute atomic E-state index is 11.4. The van der Waals surface area contributed by atoms with Crippen LogP contribution in [0.1, 0.15) is 46.5 Å². The standard InChI is InChI=1S/C14H21NO4/c1-13(2)9-6-7-14(13,3)10(8-9)15-19-12(18)5-4-11(16)17/h8-9,15H,4-7H2,1-3H3,(H,16,17). The van der Waals surface area contributed by atoms with Gasteiger partial charge in [0.25, 0.3) is 0 Å². The molecule has 5 heteroatoms. The van der Waals surface area contributed by atoms with Crippen molar-refractivity contribution in [3.05, 3.63) is 11.8 Å². The molecule has 2 aliphatic carbocycles. The molecule has 2 bridgehead atoms. The number of carboxylic acids is 1. The number of carboxylic acid groups (broad SMARTS) is 1. The Kier molecular flexibility index (Phi) is 3.32. The van der Waals surface area contributed by atoms with Crippen LogP contribution in [-0.4, -0.2) is 17.0 Å². The normalized spacial score (nSPS) is 30.9. The van der Waals surface area contributed by atoms with Crippen LogP contribution in [0.4, 0.5) is 0 Å². The van der Waals surface area contributed by atoms with Crippen LogP contribution in [0, 0.1) is 16.7 Å². The van der Waals surface area contributed by atoms with Crippen molar-refractivity contribution in [2.24, 2.45) is 16.7 Å². The van der Waals surface area contributed by atoms with Crippen molar-refractivity contribution in [3.63, 3.8) is 0 Å². The Hall–Kier alpha value is -1.52. The Morgan fingerprint density at radius 1 is 1.42 bits per heavy atom. The first-order valence-electron chi connectivity index (χ1n) is 6.67. The highest BCUT2D eigenvalue weighted by molar-refractivity contribution is 5.76. The number of carbonyl (C=O) groups is 2. The number of fused-ring (bicyclic) bond motifs is 2. The van der Waals surface area contributed by atoms with Crippen molar-refractivity contribution in [1.82, 2.24) is 5.48 Å². The Morgan fingerprint density at radius 2 is 2.11 bits per heavy atom. The van der Waals surface area contributed by atoms with Crippen molar-refractivity contribution < 1.29 is 19.5 Å². The molecule has 2 atom stereocenters. The van der Waals surface area contributed by atoms with Crippen molar-refractivity contribution in [3.8, 4) is 0 Å². The Balaban J connectivity index is 1.90. The van der Waals surface area contributed by atoms with Gasteiger partial charge >= 0.3 is 11.9 Å². The molecule has 0 saturated heterocycles. The molecule has 0 aromatic carbocycles. The summed E-state index contributed by atoms with van der Waals surface area (Å²) in [6.45, 7) is 6.66. The summed E-state index contributed by atoms with van der Waals surface area (Å²) in [6.07, 6.45) is 4.08. The van der Waals surface area contributed by atoms with Crippen LogP contribution in [-0.2, 0) is 14.4 Å². The zero-order valence-corrected chi connectivity index (χ0v) is 11.7. The third-order valence-electron chi connectivity index (χ3n) is 5.08. The molecule has 2 rings (SSSR count). The van der Waals surface area contributed by atoms with Gasteiger partial charge in [-0.1, -0.05) is 26.8 Å². The van der Waals surface area contributed by atoms with E-state index in [0.29, 0.717) is 5.92 Å². The second-order valence-electron chi connectivity index (χ2n) is 6.25. The summed E-state index contributed by atoms with van der Waals surface area (Å²) >= 11 is 0. The van der Waals surface area contributed by atoms with E-state index in [0.717, 1.165) is 12.1 Å². The molecule has 0 aromatic heterocycles. The largest absolute Gasteiger partial charge is 0.481 e. The molecule has 0 radical (unpaired) electrons. The van der Waals surface area contributed by atoms with Crippen molar-refractivity contribution in [2.75, 3.05) is 0 Å². The highest BCUT2D eigenvalue weighted by atomic mass is 16.7. The van der Waals surface area contributed by atoms with E-state index >= 15 is 0 Å². The van der Waals surface area contributed by atoms with E-state index in [-0.39, 0.29) is 23.7 Å². The quantitative estimate of drug-likeness (QED) is 0.747. The van der Waals surface area contributed by atoms with E-state index in [2.05, 4.69) is 32.3 Å². The molecule has 0 heterocycles. The SMILES string of the molecule is CC12CCC(C=C1NOC(=O)CCC(=O)O)C2(C)C. The van der Waals surface area contributed by atoms with Crippen molar-refractivity contribution in [1.29, 1.82) is 0 Å². The van der Waals surface area contributed by atoms with Crippen LogP contribution in [0.15, 0.2) is 11.8 Å². The molecule has 2 unspecified atom stereocenters. The summed E-state index contributed by atoms with van der Waals surface area (Å²) in [7, 11) is 0. The fourth-order valence-corrected chi connectivity index (χ4v) is 3.21. The maximum atomic E-state index is 11.4. The molecule has 0 aromatic rings. The molecule has 5 nitrogen and oxygen atoms in total. The summed E-state index contributed by atoms with van der Waals surface area (Å²) in [6, 6.07) is 0. The van der Waals surface area contributed by atoms with Gasteiger partial charge in [0, 0.05) is 5.41 Å². The number of rotatable bonds is 5. The third kappa shape index (κ3) is 2.22. The van der Waals surface area contributed by atoms with Gasteiger partial charge in [-0.2, -0.15) is 0 Å². The second-order valence-corrected chi connectivity index (χ2v) is 6.25. The summed E-state index contributed by atoms with van der Waals surface area (Å²) in [5.74, 6) is -1.02. The first-order valence-corrected chi connectivity index (χ1v) is 6.67. The van der Waals surface area contributed by atoms with E-state index in [9.17, 15) is 9.59 Å². The summed E-state index contributed by atoms with van der Waals surface area (Å²) in [5.41, 5.74) is 3.88. The van der Waals surface area contributed by atoms with E-state index in [1.165, 1.54) is 6.42 Å². The number of hydrogen-bond donors (Lipinski definition) is 2. The van der Waals surface area contributed by atoms with Gasteiger partial charge in [0.05, 0.1) is 18.5 Å². The van der Waals surface area contributed by atoms with Gasteiger partial charge in [-0.15, -0.1) is 0 Å². The fourth-order valence-electron chi connectivity index (χ4n) is 3.21. The van der Waals surface area contributed by atoms with Crippen LogP contribution in [0.3, 0.4) is 0 Å². The lowest BCUT2D eigenvalue weighted by atomic mass is 9.69.